The minimum atomic E-state index is 0.891. The molecule has 0 saturated heterocycles. The Balaban J connectivity index is 1.66. The van der Waals surface area contributed by atoms with E-state index in [1.807, 2.05) is 11.3 Å². The van der Waals surface area contributed by atoms with Crippen LogP contribution >= 0.6 is 24.0 Å². The van der Waals surface area contributed by atoms with Crippen molar-refractivity contribution in [2.24, 2.45) is 0 Å². The van der Waals surface area contributed by atoms with Gasteiger partial charge in [-0.3, -0.25) is 4.90 Å². The molecule has 0 bridgehead atoms. The fourth-order valence-electron chi connectivity index (χ4n) is 2.21. The lowest BCUT2D eigenvalue weighted by Crippen LogP contribution is -2.26. The maximum atomic E-state index is 4.26. The van der Waals surface area contributed by atoms with Crippen molar-refractivity contribution in [2.75, 3.05) is 12.3 Å². The average Bonchev–Trinajstić information content (AvgIpc) is 3.06. The topological polar surface area (TPSA) is 3.24 Å². The number of hydrogen-bond acceptors (Lipinski definition) is 3. The fraction of sp³-hybridized carbons (Fsp3) is 0.714. The summed E-state index contributed by atoms with van der Waals surface area (Å²) in [5, 5.41) is 2.19. The summed E-state index contributed by atoms with van der Waals surface area (Å²) in [6.07, 6.45) is 8.19. The summed E-state index contributed by atoms with van der Waals surface area (Å²) in [5.74, 6) is 1.04. The van der Waals surface area contributed by atoms with Crippen LogP contribution in [0.1, 0.15) is 43.4 Å². The van der Waals surface area contributed by atoms with E-state index in [4.69, 9.17) is 0 Å². The molecule has 0 aliphatic heterocycles. The molecule has 2 rings (SSSR count). The van der Waals surface area contributed by atoms with Crippen molar-refractivity contribution in [3.63, 3.8) is 0 Å². The summed E-state index contributed by atoms with van der Waals surface area (Å²) in [6.45, 7) is 2.46. The molecule has 17 heavy (non-hydrogen) atoms. The molecule has 3 heteroatoms. The Kier molecular flexibility index (Phi) is 5.89. The van der Waals surface area contributed by atoms with Crippen LogP contribution in [-0.2, 0) is 6.54 Å². The number of thiol groups is 1. The van der Waals surface area contributed by atoms with Gasteiger partial charge in [0.1, 0.15) is 0 Å². The lowest BCUT2D eigenvalue weighted by atomic mass is 10.2. The van der Waals surface area contributed by atoms with Crippen molar-refractivity contribution in [3.05, 3.63) is 22.4 Å². The Bertz CT molecular complexity index is 293. The predicted octanol–water partition coefficient (Wildman–Crippen LogP) is 4.20. The SMILES string of the molecule is SCCCCCCN(Cc1cccs1)C1CC1. The van der Waals surface area contributed by atoms with Gasteiger partial charge in [-0.25, -0.2) is 0 Å². The molecule has 0 atom stereocenters. The van der Waals surface area contributed by atoms with Gasteiger partial charge in [0.05, 0.1) is 0 Å². The lowest BCUT2D eigenvalue weighted by molar-refractivity contribution is 0.250. The second-order valence-corrected chi connectivity index (χ2v) is 6.40. The molecule has 1 heterocycles. The first kappa shape index (κ1) is 13.4. The van der Waals surface area contributed by atoms with Gasteiger partial charge in [0.25, 0.3) is 0 Å². The van der Waals surface area contributed by atoms with Crippen LogP contribution in [-0.4, -0.2) is 23.2 Å². The molecule has 1 nitrogen and oxygen atoms in total. The zero-order chi connectivity index (χ0) is 11.9. The highest BCUT2D eigenvalue weighted by Gasteiger charge is 2.28. The molecular formula is C14H23NS2. The van der Waals surface area contributed by atoms with Gasteiger partial charge in [-0.1, -0.05) is 18.9 Å². The van der Waals surface area contributed by atoms with Crippen LogP contribution in [0.2, 0.25) is 0 Å². The summed E-state index contributed by atoms with van der Waals surface area (Å²) < 4.78 is 0. The molecule has 0 radical (unpaired) electrons. The second-order valence-electron chi connectivity index (χ2n) is 4.92. The molecule has 1 aliphatic carbocycles. The fourth-order valence-corrected chi connectivity index (χ4v) is 3.17. The Morgan fingerprint density at radius 2 is 2.06 bits per heavy atom. The maximum Gasteiger partial charge on any atom is 0.0330 e. The Morgan fingerprint density at radius 3 is 2.71 bits per heavy atom. The summed E-state index contributed by atoms with van der Waals surface area (Å²) in [7, 11) is 0. The van der Waals surface area contributed by atoms with E-state index in [1.165, 1.54) is 56.5 Å². The van der Waals surface area contributed by atoms with E-state index in [2.05, 4.69) is 35.0 Å². The zero-order valence-corrected chi connectivity index (χ0v) is 12.2. The molecule has 1 fully saturated rings. The summed E-state index contributed by atoms with van der Waals surface area (Å²) in [4.78, 5) is 4.21. The van der Waals surface area contributed by atoms with Gasteiger partial charge in [-0.15, -0.1) is 11.3 Å². The summed E-state index contributed by atoms with van der Waals surface area (Å²) in [5.41, 5.74) is 0. The monoisotopic (exact) mass is 269 g/mol. The number of hydrogen-bond donors (Lipinski definition) is 1. The van der Waals surface area contributed by atoms with Crippen molar-refractivity contribution >= 4 is 24.0 Å². The molecule has 0 aromatic carbocycles. The van der Waals surface area contributed by atoms with E-state index in [1.54, 1.807) is 0 Å². The van der Waals surface area contributed by atoms with Crippen LogP contribution in [0.5, 0.6) is 0 Å². The van der Waals surface area contributed by atoms with Crippen LogP contribution < -0.4 is 0 Å². The summed E-state index contributed by atoms with van der Waals surface area (Å²) >= 11 is 6.15. The number of rotatable bonds is 9. The van der Waals surface area contributed by atoms with Gasteiger partial charge in [0.15, 0.2) is 0 Å². The van der Waals surface area contributed by atoms with Crippen molar-refractivity contribution in [2.45, 2.75) is 51.1 Å². The van der Waals surface area contributed by atoms with Crippen LogP contribution in [0.3, 0.4) is 0 Å². The van der Waals surface area contributed by atoms with Crippen molar-refractivity contribution in [3.8, 4) is 0 Å². The average molecular weight is 269 g/mol. The van der Waals surface area contributed by atoms with Gasteiger partial charge >= 0.3 is 0 Å². The minimum Gasteiger partial charge on any atom is -0.295 e. The van der Waals surface area contributed by atoms with E-state index in [9.17, 15) is 0 Å². The standard InChI is InChI=1S/C14H23NS2/c16-10-4-2-1-3-9-15(13-7-8-13)12-14-6-5-11-17-14/h5-6,11,13,16H,1-4,7-10,12H2. The van der Waals surface area contributed by atoms with Gasteiger partial charge in [-0.05, 0) is 49.4 Å². The molecule has 1 saturated carbocycles. The number of thiophene rings is 1. The van der Waals surface area contributed by atoms with Crippen molar-refractivity contribution < 1.29 is 0 Å². The first-order valence-electron chi connectivity index (χ1n) is 6.77. The molecule has 1 aromatic heterocycles. The second kappa shape index (κ2) is 7.45. The molecule has 1 aromatic rings. The minimum absolute atomic E-state index is 0.891. The summed E-state index contributed by atoms with van der Waals surface area (Å²) in [6, 6.07) is 5.32. The maximum absolute atomic E-state index is 4.26. The molecule has 0 spiro atoms. The van der Waals surface area contributed by atoms with E-state index in [-0.39, 0.29) is 0 Å². The number of nitrogens with zero attached hydrogens (tertiary/aromatic N) is 1. The Morgan fingerprint density at radius 1 is 1.24 bits per heavy atom. The largest absolute Gasteiger partial charge is 0.295 e. The predicted molar refractivity (Wildman–Crippen MR) is 80.1 cm³/mol. The first-order valence-corrected chi connectivity index (χ1v) is 8.28. The van der Waals surface area contributed by atoms with Crippen LogP contribution in [0.15, 0.2) is 17.5 Å². The van der Waals surface area contributed by atoms with Crippen molar-refractivity contribution in [1.82, 2.24) is 4.90 Å². The lowest BCUT2D eigenvalue weighted by Gasteiger charge is -2.21. The Labute approximate surface area is 115 Å². The first-order chi connectivity index (χ1) is 8.40. The quantitative estimate of drug-likeness (QED) is 0.519. The van der Waals surface area contributed by atoms with Gasteiger partial charge in [0, 0.05) is 17.5 Å². The third-order valence-electron chi connectivity index (χ3n) is 3.36. The van der Waals surface area contributed by atoms with E-state index in [0.717, 1.165) is 11.8 Å². The van der Waals surface area contributed by atoms with E-state index in [0.29, 0.717) is 0 Å². The highest BCUT2D eigenvalue weighted by atomic mass is 32.1. The Hall–Kier alpha value is 0.01000. The van der Waals surface area contributed by atoms with Crippen LogP contribution in [0, 0.1) is 0 Å². The van der Waals surface area contributed by atoms with Crippen LogP contribution in [0.25, 0.3) is 0 Å². The van der Waals surface area contributed by atoms with E-state index >= 15 is 0 Å². The highest BCUT2D eigenvalue weighted by molar-refractivity contribution is 7.80. The molecule has 0 N–H and O–H groups in total. The molecule has 96 valence electrons. The molecule has 0 unspecified atom stereocenters. The van der Waals surface area contributed by atoms with E-state index < -0.39 is 0 Å². The number of unbranched alkanes of at least 4 members (excludes halogenated alkanes) is 3. The van der Waals surface area contributed by atoms with Gasteiger partial charge in [0.2, 0.25) is 0 Å². The molecule has 0 amide bonds. The van der Waals surface area contributed by atoms with Gasteiger partial charge < -0.3 is 0 Å². The van der Waals surface area contributed by atoms with Crippen molar-refractivity contribution in [1.29, 1.82) is 0 Å². The van der Waals surface area contributed by atoms with Crippen LogP contribution in [0.4, 0.5) is 0 Å². The molecule has 1 aliphatic rings. The highest BCUT2D eigenvalue weighted by Crippen LogP contribution is 2.29. The third kappa shape index (κ3) is 5.02. The smallest absolute Gasteiger partial charge is 0.0330 e. The third-order valence-corrected chi connectivity index (χ3v) is 4.53. The van der Waals surface area contributed by atoms with Gasteiger partial charge in [-0.2, -0.15) is 12.6 Å². The normalized spacial score (nSPS) is 15.6. The zero-order valence-electron chi connectivity index (χ0n) is 10.5. The molecular weight excluding hydrogens is 246 g/mol.